The van der Waals surface area contributed by atoms with Crippen molar-refractivity contribution in [2.45, 2.75) is 40.7 Å². The Morgan fingerprint density at radius 1 is 1.06 bits per heavy atom. The second-order valence-corrected chi connectivity index (χ2v) is 5.30. The molecule has 0 spiro atoms. The van der Waals surface area contributed by atoms with Gasteiger partial charge in [-0.2, -0.15) is 0 Å². The first-order chi connectivity index (χ1) is 8.58. The van der Waals surface area contributed by atoms with Gasteiger partial charge in [-0.25, -0.2) is 0 Å². The van der Waals surface area contributed by atoms with Gasteiger partial charge in [-0.1, -0.05) is 32.9 Å². The molecule has 0 heterocycles. The van der Waals surface area contributed by atoms with Gasteiger partial charge >= 0.3 is 0 Å². The van der Waals surface area contributed by atoms with Crippen LogP contribution in [0.2, 0.25) is 0 Å². The number of anilines is 1. The van der Waals surface area contributed by atoms with Gasteiger partial charge in [0, 0.05) is 24.8 Å². The van der Waals surface area contributed by atoms with Crippen molar-refractivity contribution < 1.29 is 0 Å². The molecule has 0 fully saturated rings. The van der Waals surface area contributed by atoms with Gasteiger partial charge in [0.1, 0.15) is 0 Å². The zero-order chi connectivity index (χ0) is 13.5. The van der Waals surface area contributed by atoms with Gasteiger partial charge in [0.25, 0.3) is 0 Å². The van der Waals surface area contributed by atoms with Crippen molar-refractivity contribution in [3.8, 4) is 0 Å². The molecule has 1 aromatic carbocycles. The number of hydrogen-bond acceptors (Lipinski definition) is 2. The van der Waals surface area contributed by atoms with Crippen LogP contribution in [0.1, 0.15) is 46.2 Å². The van der Waals surface area contributed by atoms with Crippen LogP contribution in [0.5, 0.6) is 0 Å². The average molecular weight is 248 g/mol. The third kappa shape index (κ3) is 4.34. The monoisotopic (exact) mass is 248 g/mol. The second-order valence-electron chi connectivity index (χ2n) is 5.30. The Hall–Kier alpha value is -1.02. The van der Waals surface area contributed by atoms with Crippen LogP contribution in [-0.2, 0) is 0 Å². The zero-order valence-electron chi connectivity index (χ0n) is 12.5. The average Bonchev–Trinajstić information content (AvgIpc) is 2.36. The number of benzene rings is 1. The van der Waals surface area contributed by atoms with Crippen molar-refractivity contribution in [2.24, 2.45) is 5.92 Å². The molecule has 0 aliphatic carbocycles. The first-order valence-corrected chi connectivity index (χ1v) is 7.16. The molecule has 0 amide bonds. The van der Waals surface area contributed by atoms with Crippen LogP contribution >= 0.6 is 0 Å². The third-order valence-electron chi connectivity index (χ3n) is 3.24. The molecular weight excluding hydrogens is 220 g/mol. The quantitative estimate of drug-likeness (QED) is 0.788. The highest BCUT2D eigenvalue weighted by atomic mass is 15.1. The lowest BCUT2D eigenvalue weighted by molar-refractivity contribution is 0.597. The molecule has 0 aliphatic heterocycles. The van der Waals surface area contributed by atoms with Crippen molar-refractivity contribution in [1.29, 1.82) is 0 Å². The lowest BCUT2D eigenvalue weighted by Gasteiger charge is -2.25. The Bertz CT molecular complexity index is 329. The minimum Gasteiger partial charge on any atom is -0.372 e. The molecular formula is C16H28N2. The second kappa shape index (κ2) is 7.42. The van der Waals surface area contributed by atoms with Crippen LogP contribution in [0.3, 0.4) is 0 Å². The highest BCUT2D eigenvalue weighted by Crippen LogP contribution is 2.20. The van der Waals surface area contributed by atoms with E-state index in [1.165, 1.54) is 11.3 Å². The van der Waals surface area contributed by atoms with Crippen LogP contribution in [0, 0.1) is 5.92 Å². The first kappa shape index (κ1) is 15.0. The van der Waals surface area contributed by atoms with E-state index >= 15 is 0 Å². The normalized spacial score (nSPS) is 12.8. The maximum Gasteiger partial charge on any atom is 0.0366 e. The summed E-state index contributed by atoms with van der Waals surface area (Å²) in [6, 6.07) is 9.41. The molecule has 18 heavy (non-hydrogen) atoms. The van der Waals surface area contributed by atoms with Gasteiger partial charge in [0.2, 0.25) is 0 Å². The maximum absolute atomic E-state index is 3.44. The third-order valence-corrected chi connectivity index (χ3v) is 3.24. The van der Waals surface area contributed by atoms with Crippen molar-refractivity contribution in [3.05, 3.63) is 29.8 Å². The fourth-order valence-corrected chi connectivity index (χ4v) is 2.26. The summed E-state index contributed by atoms with van der Waals surface area (Å²) in [5.41, 5.74) is 2.69. The molecule has 2 heteroatoms. The predicted octanol–water partition coefficient (Wildman–Crippen LogP) is 3.84. The van der Waals surface area contributed by atoms with Gasteiger partial charge in [-0.3, -0.25) is 0 Å². The number of hydrogen-bond donors (Lipinski definition) is 1. The lowest BCUT2D eigenvalue weighted by atomic mass is 10.1. The van der Waals surface area contributed by atoms with Gasteiger partial charge < -0.3 is 10.2 Å². The summed E-state index contributed by atoms with van der Waals surface area (Å²) in [5, 5.41) is 3.44. The molecule has 0 saturated heterocycles. The Balaban J connectivity index is 2.74. The van der Waals surface area contributed by atoms with E-state index in [9.17, 15) is 0 Å². The SMILES string of the molecule is CCNC(C)c1ccc(N(CC)CC(C)C)cc1. The van der Waals surface area contributed by atoms with Crippen molar-refractivity contribution in [2.75, 3.05) is 24.5 Å². The van der Waals surface area contributed by atoms with E-state index in [4.69, 9.17) is 0 Å². The standard InChI is InChI=1S/C16H28N2/c1-6-17-14(5)15-8-10-16(11-9-15)18(7-2)12-13(3)4/h8-11,13-14,17H,6-7,12H2,1-5H3. The number of nitrogens with one attached hydrogen (secondary N) is 1. The molecule has 1 atom stereocenters. The highest BCUT2D eigenvalue weighted by Gasteiger charge is 2.08. The largest absolute Gasteiger partial charge is 0.372 e. The molecule has 1 N–H and O–H groups in total. The van der Waals surface area contributed by atoms with E-state index in [1.54, 1.807) is 0 Å². The smallest absolute Gasteiger partial charge is 0.0366 e. The summed E-state index contributed by atoms with van der Waals surface area (Å²) in [5.74, 6) is 0.699. The summed E-state index contributed by atoms with van der Waals surface area (Å²) in [6.45, 7) is 14.3. The van der Waals surface area contributed by atoms with Gasteiger partial charge in [-0.05, 0) is 44.0 Å². The molecule has 1 rings (SSSR count). The summed E-state index contributed by atoms with van der Waals surface area (Å²) in [7, 11) is 0. The van der Waals surface area contributed by atoms with E-state index in [1.807, 2.05) is 0 Å². The molecule has 0 aromatic heterocycles. The van der Waals surface area contributed by atoms with Crippen LogP contribution in [-0.4, -0.2) is 19.6 Å². The van der Waals surface area contributed by atoms with Crippen molar-refractivity contribution in [1.82, 2.24) is 5.32 Å². The van der Waals surface area contributed by atoms with E-state index < -0.39 is 0 Å². The summed E-state index contributed by atoms with van der Waals surface area (Å²) in [6.07, 6.45) is 0. The number of nitrogens with zero attached hydrogens (tertiary/aromatic N) is 1. The van der Waals surface area contributed by atoms with Crippen LogP contribution in [0.15, 0.2) is 24.3 Å². The van der Waals surface area contributed by atoms with E-state index in [0.717, 1.165) is 19.6 Å². The van der Waals surface area contributed by atoms with Gasteiger partial charge in [0.05, 0.1) is 0 Å². The molecule has 2 nitrogen and oxygen atoms in total. The fraction of sp³-hybridized carbons (Fsp3) is 0.625. The Kier molecular flexibility index (Phi) is 6.20. The zero-order valence-corrected chi connectivity index (χ0v) is 12.5. The molecule has 1 aromatic rings. The van der Waals surface area contributed by atoms with Crippen LogP contribution in [0.4, 0.5) is 5.69 Å². The summed E-state index contributed by atoms with van der Waals surface area (Å²) >= 11 is 0. The van der Waals surface area contributed by atoms with Crippen LogP contribution < -0.4 is 10.2 Å². The van der Waals surface area contributed by atoms with Crippen molar-refractivity contribution >= 4 is 5.69 Å². The molecule has 0 radical (unpaired) electrons. The summed E-state index contributed by atoms with van der Waals surface area (Å²) < 4.78 is 0. The summed E-state index contributed by atoms with van der Waals surface area (Å²) in [4.78, 5) is 2.44. The first-order valence-electron chi connectivity index (χ1n) is 7.16. The Morgan fingerprint density at radius 3 is 2.11 bits per heavy atom. The minimum atomic E-state index is 0.434. The molecule has 0 aliphatic rings. The fourth-order valence-electron chi connectivity index (χ4n) is 2.26. The van der Waals surface area contributed by atoms with Crippen molar-refractivity contribution in [3.63, 3.8) is 0 Å². The maximum atomic E-state index is 3.44. The molecule has 0 saturated carbocycles. The van der Waals surface area contributed by atoms with E-state index in [2.05, 4.69) is 69.1 Å². The number of rotatable bonds is 7. The highest BCUT2D eigenvalue weighted by molar-refractivity contribution is 5.48. The van der Waals surface area contributed by atoms with Crippen LogP contribution in [0.25, 0.3) is 0 Å². The topological polar surface area (TPSA) is 15.3 Å². The molecule has 1 unspecified atom stereocenters. The van der Waals surface area contributed by atoms with Gasteiger partial charge in [0.15, 0.2) is 0 Å². The Morgan fingerprint density at radius 2 is 1.67 bits per heavy atom. The van der Waals surface area contributed by atoms with E-state index in [0.29, 0.717) is 12.0 Å². The Labute approximate surface area is 112 Å². The van der Waals surface area contributed by atoms with E-state index in [-0.39, 0.29) is 0 Å². The molecule has 102 valence electrons. The molecule has 0 bridgehead atoms. The lowest BCUT2D eigenvalue weighted by Crippen LogP contribution is -2.27. The minimum absolute atomic E-state index is 0.434. The predicted molar refractivity (Wildman–Crippen MR) is 81.3 cm³/mol. The van der Waals surface area contributed by atoms with Gasteiger partial charge in [-0.15, -0.1) is 0 Å².